The molecule has 2 heterocycles. The molecule has 1 aliphatic rings. The van der Waals surface area contributed by atoms with E-state index in [2.05, 4.69) is 5.32 Å². The fourth-order valence-corrected chi connectivity index (χ4v) is 2.56. The topological polar surface area (TPSA) is 69.6 Å². The van der Waals surface area contributed by atoms with Crippen LogP contribution in [0.1, 0.15) is 23.0 Å². The van der Waals surface area contributed by atoms with E-state index < -0.39 is 5.60 Å². The number of carbonyl (C=O) groups excluding carboxylic acids is 2. The summed E-state index contributed by atoms with van der Waals surface area (Å²) in [5.74, 6) is -0.387. The largest absolute Gasteiger partial charge is 0.388 e. The minimum absolute atomic E-state index is 0.0210. The molecule has 0 radical (unpaired) electrons. The van der Waals surface area contributed by atoms with Crippen molar-refractivity contribution in [2.24, 2.45) is 0 Å². The molecule has 6 heteroatoms. The maximum Gasteiger partial charge on any atom is 0.261 e. The third-order valence-electron chi connectivity index (χ3n) is 2.95. The van der Waals surface area contributed by atoms with Crippen LogP contribution in [0.5, 0.6) is 0 Å². The number of thiophene rings is 1. The minimum Gasteiger partial charge on any atom is -0.388 e. The van der Waals surface area contributed by atoms with Crippen molar-refractivity contribution in [2.75, 3.05) is 19.6 Å². The Morgan fingerprint density at radius 2 is 2.39 bits per heavy atom. The molecular weight excluding hydrogens is 252 g/mol. The number of hydrogen-bond acceptors (Lipinski definition) is 4. The molecule has 1 aromatic heterocycles. The predicted octanol–water partition coefficient (Wildman–Crippen LogP) is 0.461. The van der Waals surface area contributed by atoms with Gasteiger partial charge in [0.1, 0.15) is 0 Å². The van der Waals surface area contributed by atoms with E-state index in [1.54, 1.807) is 24.0 Å². The van der Waals surface area contributed by atoms with Crippen LogP contribution in [0.2, 0.25) is 0 Å². The van der Waals surface area contributed by atoms with Gasteiger partial charge in [0.2, 0.25) is 5.91 Å². The number of carbonyl (C=O) groups is 2. The van der Waals surface area contributed by atoms with E-state index in [1.807, 2.05) is 5.38 Å². The molecule has 1 unspecified atom stereocenters. The predicted molar refractivity (Wildman–Crippen MR) is 68.5 cm³/mol. The fourth-order valence-electron chi connectivity index (χ4n) is 1.92. The molecular formula is C12H16N2O3S. The first kappa shape index (κ1) is 13.0. The van der Waals surface area contributed by atoms with E-state index in [1.165, 1.54) is 11.3 Å². The van der Waals surface area contributed by atoms with E-state index in [-0.39, 0.29) is 18.4 Å². The minimum atomic E-state index is -0.798. The van der Waals surface area contributed by atoms with Crippen molar-refractivity contribution in [3.05, 3.63) is 22.4 Å². The van der Waals surface area contributed by atoms with E-state index in [0.29, 0.717) is 24.4 Å². The first-order valence-electron chi connectivity index (χ1n) is 5.80. The number of amides is 2. The molecule has 18 heavy (non-hydrogen) atoms. The molecule has 1 atom stereocenters. The molecule has 1 saturated heterocycles. The van der Waals surface area contributed by atoms with E-state index in [4.69, 9.17) is 0 Å². The fraction of sp³-hybridized carbons (Fsp3) is 0.500. The van der Waals surface area contributed by atoms with Crippen molar-refractivity contribution >= 4 is 23.2 Å². The summed E-state index contributed by atoms with van der Waals surface area (Å²) in [6.45, 7) is 2.57. The van der Waals surface area contributed by atoms with Gasteiger partial charge in [0.25, 0.3) is 5.91 Å². The second-order valence-electron chi connectivity index (χ2n) is 4.72. The lowest BCUT2D eigenvalue weighted by molar-refractivity contribution is -0.129. The van der Waals surface area contributed by atoms with Crippen molar-refractivity contribution in [2.45, 2.75) is 18.9 Å². The van der Waals surface area contributed by atoms with Gasteiger partial charge in [-0.15, -0.1) is 11.3 Å². The summed E-state index contributed by atoms with van der Waals surface area (Å²) in [5.41, 5.74) is -0.798. The highest BCUT2D eigenvalue weighted by molar-refractivity contribution is 7.12. The van der Waals surface area contributed by atoms with Crippen LogP contribution in [0.15, 0.2) is 17.5 Å². The molecule has 5 nitrogen and oxygen atoms in total. The summed E-state index contributed by atoms with van der Waals surface area (Å²) >= 11 is 1.34. The van der Waals surface area contributed by atoms with Gasteiger partial charge in [0.15, 0.2) is 0 Å². The zero-order valence-corrected chi connectivity index (χ0v) is 11.0. The molecule has 1 aliphatic heterocycles. The van der Waals surface area contributed by atoms with E-state index in [9.17, 15) is 14.7 Å². The summed E-state index contributed by atoms with van der Waals surface area (Å²) in [7, 11) is 0. The third-order valence-corrected chi connectivity index (χ3v) is 3.82. The number of β-amino-alcohol motifs (C(OH)–C–C–N with tert-alkyl or cyclic N) is 1. The van der Waals surface area contributed by atoms with Crippen molar-refractivity contribution in [3.63, 3.8) is 0 Å². The van der Waals surface area contributed by atoms with Gasteiger partial charge < -0.3 is 15.3 Å². The van der Waals surface area contributed by atoms with Crippen LogP contribution in [-0.4, -0.2) is 47.1 Å². The average molecular weight is 268 g/mol. The highest BCUT2D eigenvalue weighted by atomic mass is 32.1. The number of aliphatic hydroxyl groups is 1. The standard InChI is InChI=1S/C12H16N2O3S/c1-12(17)4-5-14(8-12)10(15)7-13-11(16)9-3-2-6-18-9/h2-3,6,17H,4-5,7-8H2,1H3,(H,13,16). The highest BCUT2D eigenvalue weighted by Crippen LogP contribution is 2.19. The molecule has 1 aromatic rings. The van der Waals surface area contributed by atoms with Gasteiger partial charge in [-0.25, -0.2) is 0 Å². The van der Waals surface area contributed by atoms with Crippen molar-refractivity contribution in [1.82, 2.24) is 10.2 Å². The zero-order chi connectivity index (χ0) is 13.2. The van der Waals surface area contributed by atoms with E-state index >= 15 is 0 Å². The van der Waals surface area contributed by atoms with Crippen molar-refractivity contribution < 1.29 is 14.7 Å². The van der Waals surface area contributed by atoms with Crippen LogP contribution >= 0.6 is 11.3 Å². The Bertz CT molecular complexity index is 442. The normalized spacial score (nSPS) is 23.1. The maximum absolute atomic E-state index is 11.8. The lowest BCUT2D eigenvalue weighted by atomic mass is 10.1. The second-order valence-corrected chi connectivity index (χ2v) is 5.67. The van der Waals surface area contributed by atoms with Crippen LogP contribution in [0.25, 0.3) is 0 Å². The van der Waals surface area contributed by atoms with Gasteiger partial charge >= 0.3 is 0 Å². The van der Waals surface area contributed by atoms with Gasteiger partial charge in [0.05, 0.1) is 17.0 Å². The molecule has 0 aliphatic carbocycles. The summed E-state index contributed by atoms with van der Waals surface area (Å²) in [5, 5.41) is 14.2. The quantitative estimate of drug-likeness (QED) is 0.837. The highest BCUT2D eigenvalue weighted by Gasteiger charge is 2.33. The maximum atomic E-state index is 11.8. The molecule has 0 spiro atoms. The summed E-state index contributed by atoms with van der Waals surface area (Å²) in [4.78, 5) is 25.6. The number of rotatable bonds is 3. The van der Waals surface area contributed by atoms with Gasteiger partial charge in [-0.05, 0) is 24.8 Å². The Hall–Kier alpha value is -1.40. The molecule has 98 valence electrons. The third kappa shape index (κ3) is 3.08. The van der Waals surface area contributed by atoms with Gasteiger partial charge in [-0.2, -0.15) is 0 Å². The summed E-state index contributed by atoms with van der Waals surface area (Å²) in [6.07, 6.45) is 0.581. The van der Waals surface area contributed by atoms with Crippen LogP contribution < -0.4 is 5.32 Å². The number of hydrogen-bond donors (Lipinski definition) is 2. The lowest BCUT2D eigenvalue weighted by Gasteiger charge is -2.19. The monoisotopic (exact) mass is 268 g/mol. The van der Waals surface area contributed by atoms with Crippen LogP contribution in [0.4, 0.5) is 0 Å². The SMILES string of the molecule is CC1(O)CCN(C(=O)CNC(=O)c2cccs2)C1. The smallest absolute Gasteiger partial charge is 0.261 e. The Labute approximate surface area is 109 Å². The van der Waals surface area contributed by atoms with Gasteiger partial charge in [-0.3, -0.25) is 9.59 Å². The molecule has 2 amide bonds. The van der Waals surface area contributed by atoms with Crippen LogP contribution in [0.3, 0.4) is 0 Å². The number of nitrogens with zero attached hydrogens (tertiary/aromatic N) is 1. The molecule has 0 bridgehead atoms. The summed E-state index contributed by atoms with van der Waals surface area (Å²) in [6, 6.07) is 3.50. The molecule has 2 rings (SSSR count). The Balaban J connectivity index is 1.81. The zero-order valence-electron chi connectivity index (χ0n) is 10.2. The van der Waals surface area contributed by atoms with Gasteiger partial charge in [0, 0.05) is 13.1 Å². The molecule has 1 fully saturated rings. The molecule has 0 saturated carbocycles. The molecule has 0 aromatic carbocycles. The molecule has 2 N–H and O–H groups in total. The van der Waals surface area contributed by atoms with Crippen molar-refractivity contribution in [1.29, 1.82) is 0 Å². The summed E-state index contributed by atoms with van der Waals surface area (Å²) < 4.78 is 0. The lowest BCUT2D eigenvalue weighted by Crippen LogP contribution is -2.40. The van der Waals surface area contributed by atoms with Crippen LogP contribution in [-0.2, 0) is 4.79 Å². The average Bonchev–Trinajstić information content (AvgIpc) is 2.94. The van der Waals surface area contributed by atoms with E-state index in [0.717, 1.165) is 0 Å². The van der Waals surface area contributed by atoms with Crippen LogP contribution in [0, 0.1) is 0 Å². The Morgan fingerprint density at radius 1 is 1.61 bits per heavy atom. The van der Waals surface area contributed by atoms with Crippen molar-refractivity contribution in [3.8, 4) is 0 Å². The number of nitrogens with one attached hydrogen (secondary N) is 1. The Morgan fingerprint density at radius 3 is 2.94 bits per heavy atom. The second kappa shape index (κ2) is 5.07. The number of likely N-dealkylation sites (tertiary alicyclic amines) is 1. The first-order chi connectivity index (χ1) is 8.48. The Kier molecular flexibility index (Phi) is 3.68. The van der Waals surface area contributed by atoms with Gasteiger partial charge in [-0.1, -0.05) is 6.07 Å². The first-order valence-corrected chi connectivity index (χ1v) is 6.68.